The van der Waals surface area contributed by atoms with Crippen molar-refractivity contribution in [2.24, 2.45) is 0 Å². The zero-order chi connectivity index (χ0) is 15.5. The van der Waals surface area contributed by atoms with Gasteiger partial charge in [0.05, 0.1) is 21.4 Å². The second-order valence-corrected chi connectivity index (χ2v) is 5.30. The second kappa shape index (κ2) is 5.78. The van der Waals surface area contributed by atoms with Crippen LogP contribution in [0, 0.1) is 10.1 Å². The van der Waals surface area contributed by atoms with E-state index in [9.17, 15) is 14.9 Å². The molecule has 0 fully saturated rings. The monoisotopic (exact) mass is 315 g/mol. The molecule has 0 aliphatic carbocycles. The lowest BCUT2D eigenvalue weighted by Crippen LogP contribution is -2.07. The standard InChI is InChI=1S/C14H9N3O4S/c18-13(6-4-10-2-1-7-21-10)16-14-15-11-5-3-9(17(19)20)8-12(11)22-14/h1-8H,(H,15,16,18)/b6-4+. The van der Waals surface area contributed by atoms with Crippen LogP contribution in [0.3, 0.4) is 0 Å². The van der Waals surface area contributed by atoms with Crippen LogP contribution in [0.1, 0.15) is 5.76 Å². The lowest BCUT2D eigenvalue weighted by molar-refractivity contribution is -0.384. The van der Waals surface area contributed by atoms with Gasteiger partial charge in [-0.25, -0.2) is 4.98 Å². The van der Waals surface area contributed by atoms with Crippen LogP contribution in [0.5, 0.6) is 0 Å². The van der Waals surface area contributed by atoms with Crippen molar-refractivity contribution in [1.29, 1.82) is 0 Å². The molecule has 2 aromatic heterocycles. The third-order valence-electron chi connectivity index (χ3n) is 2.76. The summed E-state index contributed by atoms with van der Waals surface area (Å²) in [6.45, 7) is 0. The Morgan fingerprint density at radius 3 is 3.00 bits per heavy atom. The van der Waals surface area contributed by atoms with E-state index in [0.717, 1.165) is 0 Å². The Bertz CT molecular complexity index is 867. The molecule has 7 nitrogen and oxygen atoms in total. The van der Waals surface area contributed by atoms with Gasteiger partial charge in [-0.1, -0.05) is 11.3 Å². The molecule has 1 aromatic carbocycles. The van der Waals surface area contributed by atoms with Gasteiger partial charge in [-0.3, -0.25) is 20.2 Å². The van der Waals surface area contributed by atoms with Crippen LogP contribution in [-0.4, -0.2) is 15.8 Å². The molecule has 0 spiro atoms. The van der Waals surface area contributed by atoms with E-state index in [0.29, 0.717) is 21.1 Å². The van der Waals surface area contributed by atoms with E-state index in [1.807, 2.05) is 0 Å². The quantitative estimate of drug-likeness (QED) is 0.451. The zero-order valence-corrected chi connectivity index (χ0v) is 11.9. The van der Waals surface area contributed by atoms with Crippen molar-refractivity contribution < 1.29 is 14.1 Å². The van der Waals surface area contributed by atoms with E-state index in [2.05, 4.69) is 10.3 Å². The topological polar surface area (TPSA) is 98.3 Å². The fraction of sp³-hybridized carbons (Fsp3) is 0. The van der Waals surface area contributed by atoms with Gasteiger partial charge in [0.1, 0.15) is 5.76 Å². The highest BCUT2D eigenvalue weighted by Crippen LogP contribution is 2.29. The molecule has 0 saturated carbocycles. The molecule has 0 aliphatic rings. The number of hydrogen-bond donors (Lipinski definition) is 1. The van der Waals surface area contributed by atoms with Gasteiger partial charge in [0.15, 0.2) is 5.13 Å². The highest BCUT2D eigenvalue weighted by Gasteiger charge is 2.11. The third-order valence-corrected chi connectivity index (χ3v) is 3.69. The number of amides is 1. The Morgan fingerprint density at radius 2 is 2.27 bits per heavy atom. The molecular formula is C14H9N3O4S. The summed E-state index contributed by atoms with van der Waals surface area (Å²) < 4.78 is 5.71. The number of rotatable bonds is 4. The predicted molar refractivity (Wildman–Crippen MR) is 82.6 cm³/mol. The molecule has 2 heterocycles. The second-order valence-electron chi connectivity index (χ2n) is 4.27. The Labute approximate surface area is 128 Å². The Balaban J connectivity index is 1.76. The van der Waals surface area contributed by atoms with Gasteiger partial charge >= 0.3 is 0 Å². The van der Waals surface area contributed by atoms with Crippen molar-refractivity contribution in [2.45, 2.75) is 0 Å². The summed E-state index contributed by atoms with van der Waals surface area (Å²) in [6, 6.07) is 7.81. The first-order valence-electron chi connectivity index (χ1n) is 6.19. The number of benzene rings is 1. The lowest BCUT2D eigenvalue weighted by Gasteiger charge is -1.94. The van der Waals surface area contributed by atoms with Crippen molar-refractivity contribution in [2.75, 3.05) is 5.32 Å². The van der Waals surface area contributed by atoms with E-state index in [4.69, 9.17) is 4.42 Å². The number of nitrogens with one attached hydrogen (secondary N) is 1. The van der Waals surface area contributed by atoms with Crippen molar-refractivity contribution in [3.8, 4) is 0 Å². The first-order chi connectivity index (χ1) is 10.6. The van der Waals surface area contributed by atoms with E-state index in [-0.39, 0.29) is 11.6 Å². The highest BCUT2D eigenvalue weighted by molar-refractivity contribution is 7.22. The first kappa shape index (κ1) is 14.0. The number of anilines is 1. The number of nitro groups is 1. The Morgan fingerprint density at radius 1 is 1.41 bits per heavy atom. The van der Waals surface area contributed by atoms with Crippen LogP contribution >= 0.6 is 11.3 Å². The zero-order valence-electron chi connectivity index (χ0n) is 11.1. The number of carbonyl (C=O) groups is 1. The van der Waals surface area contributed by atoms with Crippen LogP contribution in [0.15, 0.2) is 47.1 Å². The molecule has 0 atom stereocenters. The van der Waals surface area contributed by atoms with E-state index in [1.165, 1.54) is 41.9 Å². The number of aromatic nitrogens is 1. The highest BCUT2D eigenvalue weighted by atomic mass is 32.1. The van der Waals surface area contributed by atoms with Crippen LogP contribution in [-0.2, 0) is 4.79 Å². The minimum Gasteiger partial charge on any atom is -0.465 e. The average Bonchev–Trinajstić information content (AvgIpc) is 3.13. The number of nitrogens with zero attached hydrogens (tertiary/aromatic N) is 2. The summed E-state index contributed by atoms with van der Waals surface area (Å²) in [4.78, 5) is 26.2. The fourth-order valence-electron chi connectivity index (χ4n) is 1.77. The number of carbonyl (C=O) groups excluding carboxylic acids is 1. The van der Waals surface area contributed by atoms with Crippen molar-refractivity contribution in [3.05, 3.63) is 58.5 Å². The minimum atomic E-state index is -0.469. The Hall–Kier alpha value is -3.00. The van der Waals surface area contributed by atoms with Crippen molar-refractivity contribution >= 4 is 44.4 Å². The fourth-order valence-corrected chi connectivity index (χ4v) is 2.67. The summed E-state index contributed by atoms with van der Waals surface area (Å²) in [7, 11) is 0. The molecular weight excluding hydrogens is 306 g/mol. The SMILES string of the molecule is O=C(/C=C/c1ccco1)Nc1nc2ccc([N+](=O)[O-])cc2s1. The van der Waals surface area contributed by atoms with Crippen LogP contribution in [0.25, 0.3) is 16.3 Å². The van der Waals surface area contributed by atoms with Gasteiger partial charge in [0, 0.05) is 18.2 Å². The van der Waals surface area contributed by atoms with Gasteiger partial charge in [-0.05, 0) is 24.3 Å². The first-order valence-corrected chi connectivity index (χ1v) is 7.01. The van der Waals surface area contributed by atoms with Crippen LogP contribution in [0.4, 0.5) is 10.8 Å². The lowest BCUT2D eigenvalue weighted by atomic mass is 10.3. The molecule has 0 bridgehead atoms. The van der Waals surface area contributed by atoms with Gasteiger partial charge in [0.25, 0.3) is 5.69 Å². The number of non-ortho nitro benzene ring substituents is 1. The molecule has 3 rings (SSSR count). The summed E-state index contributed by atoms with van der Waals surface area (Å²) in [6.07, 6.45) is 4.37. The number of hydrogen-bond acceptors (Lipinski definition) is 6. The largest absolute Gasteiger partial charge is 0.465 e. The van der Waals surface area contributed by atoms with E-state index in [1.54, 1.807) is 18.2 Å². The minimum absolute atomic E-state index is 0.00765. The molecule has 0 aliphatic heterocycles. The third kappa shape index (κ3) is 3.01. The molecule has 1 N–H and O–H groups in total. The van der Waals surface area contributed by atoms with Crippen LogP contribution < -0.4 is 5.32 Å². The maximum absolute atomic E-state index is 11.8. The van der Waals surface area contributed by atoms with E-state index < -0.39 is 4.92 Å². The molecule has 0 radical (unpaired) electrons. The molecule has 0 saturated heterocycles. The summed E-state index contributed by atoms with van der Waals surface area (Å²) in [5, 5.41) is 13.7. The van der Waals surface area contributed by atoms with Gasteiger partial charge in [-0.15, -0.1) is 0 Å². The Kier molecular flexibility index (Phi) is 3.67. The molecule has 3 aromatic rings. The summed E-state index contributed by atoms with van der Waals surface area (Å²) >= 11 is 1.18. The normalized spacial score (nSPS) is 11.1. The average molecular weight is 315 g/mol. The molecule has 8 heteroatoms. The maximum atomic E-state index is 11.8. The van der Waals surface area contributed by atoms with Crippen molar-refractivity contribution in [3.63, 3.8) is 0 Å². The summed E-state index contributed by atoms with van der Waals surface area (Å²) in [5.74, 6) is 0.208. The smallest absolute Gasteiger partial charge is 0.270 e. The van der Waals surface area contributed by atoms with E-state index >= 15 is 0 Å². The maximum Gasteiger partial charge on any atom is 0.270 e. The molecule has 22 heavy (non-hydrogen) atoms. The predicted octanol–water partition coefficient (Wildman–Crippen LogP) is 3.45. The van der Waals surface area contributed by atoms with Crippen molar-refractivity contribution in [1.82, 2.24) is 4.98 Å². The van der Waals surface area contributed by atoms with Gasteiger partial charge in [0.2, 0.25) is 5.91 Å². The molecule has 110 valence electrons. The van der Waals surface area contributed by atoms with Gasteiger partial charge in [-0.2, -0.15) is 0 Å². The number of nitro benzene ring substituents is 1. The number of fused-ring (bicyclic) bond motifs is 1. The number of furan rings is 1. The number of thiazole rings is 1. The van der Waals surface area contributed by atoms with Crippen LogP contribution in [0.2, 0.25) is 0 Å². The molecule has 0 unspecified atom stereocenters. The summed E-state index contributed by atoms with van der Waals surface area (Å²) in [5.41, 5.74) is 0.590. The van der Waals surface area contributed by atoms with Gasteiger partial charge < -0.3 is 4.42 Å². The molecule has 1 amide bonds.